The zero-order valence-corrected chi connectivity index (χ0v) is 11.1. The highest BCUT2D eigenvalue weighted by molar-refractivity contribution is 5.70. The van der Waals surface area contributed by atoms with Gasteiger partial charge in [0.25, 0.3) is 0 Å². The van der Waals surface area contributed by atoms with Crippen LogP contribution in [0.1, 0.15) is 39.0 Å². The molecule has 0 amide bonds. The summed E-state index contributed by atoms with van der Waals surface area (Å²) < 4.78 is 5.04. The Morgan fingerprint density at radius 1 is 1.17 bits per heavy atom. The van der Waals surface area contributed by atoms with Gasteiger partial charge in [0.1, 0.15) is 5.75 Å². The van der Waals surface area contributed by atoms with E-state index in [9.17, 15) is 4.79 Å². The van der Waals surface area contributed by atoms with Crippen LogP contribution in [-0.4, -0.2) is 13.1 Å². The zero-order valence-electron chi connectivity index (χ0n) is 11.1. The molecule has 1 rings (SSSR count). The second-order valence-corrected chi connectivity index (χ2v) is 4.12. The first-order valence-corrected chi connectivity index (χ1v) is 6.36. The Hall–Kier alpha value is -1.71. The molecular formula is C14H21NO3. The fourth-order valence-corrected chi connectivity index (χ4v) is 1.52. The van der Waals surface area contributed by atoms with Crippen molar-refractivity contribution < 1.29 is 14.4 Å². The normalized spacial score (nSPS) is 9.89. The van der Waals surface area contributed by atoms with Crippen molar-refractivity contribution in [3.05, 3.63) is 24.3 Å². The van der Waals surface area contributed by atoms with E-state index in [2.05, 4.69) is 12.4 Å². The van der Waals surface area contributed by atoms with Crippen LogP contribution in [0.15, 0.2) is 24.3 Å². The first-order chi connectivity index (χ1) is 8.76. The van der Waals surface area contributed by atoms with Crippen molar-refractivity contribution in [3.8, 4) is 5.75 Å². The summed E-state index contributed by atoms with van der Waals surface area (Å²) in [4.78, 5) is 16.3. The number of methoxy groups -OCH3 is 1. The fourth-order valence-electron chi connectivity index (χ4n) is 1.52. The molecule has 0 radical (unpaired) electrons. The lowest BCUT2D eigenvalue weighted by Crippen LogP contribution is -2.10. The van der Waals surface area contributed by atoms with E-state index in [4.69, 9.17) is 9.57 Å². The lowest BCUT2D eigenvalue weighted by Gasteiger charge is -2.07. The van der Waals surface area contributed by atoms with Gasteiger partial charge in [-0.25, -0.2) is 10.3 Å². The largest absolute Gasteiger partial charge is 0.497 e. The minimum Gasteiger partial charge on any atom is -0.497 e. The molecule has 0 atom stereocenters. The molecule has 1 aromatic rings. The van der Waals surface area contributed by atoms with E-state index in [1.165, 1.54) is 12.8 Å². The molecule has 0 saturated carbocycles. The lowest BCUT2D eigenvalue weighted by molar-refractivity contribution is -0.140. The molecule has 0 bridgehead atoms. The number of carbonyl (C=O) groups excluding carboxylic acids is 1. The standard InChI is InChI=1S/C14H21NO3/c1-3-4-5-6-7-14(16)18-15-12-8-10-13(17-2)11-9-12/h8-11,15H,3-7H2,1-2H3. The van der Waals surface area contributed by atoms with Gasteiger partial charge in [-0.1, -0.05) is 26.2 Å². The van der Waals surface area contributed by atoms with Crippen LogP contribution in [0, 0.1) is 0 Å². The smallest absolute Gasteiger partial charge is 0.332 e. The summed E-state index contributed by atoms with van der Waals surface area (Å²) in [6.07, 6.45) is 4.76. The van der Waals surface area contributed by atoms with Gasteiger partial charge in [0.15, 0.2) is 0 Å². The van der Waals surface area contributed by atoms with Gasteiger partial charge in [-0.05, 0) is 30.7 Å². The quantitative estimate of drug-likeness (QED) is 0.567. The van der Waals surface area contributed by atoms with E-state index in [1.807, 2.05) is 0 Å². The van der Waals surface area contributed by atoms with Gasteiger partial charge in [-0.15, -0.1) is 0 Å². The Bertz CT molecular complexity index is 349. The number of hydrogen-bond acceptors (Lipinski definition) is 4. The van der Waals surface area contributed by atoms with Crippen LogP contribution in [0.25, 0.3) is 0 Å². The topological polar surface area (TPSA) is 47.6 Å². The molecule has 0 fully saturated rings. The predicted molar refractivity (Wildman–Crippen MR) is 71.5 cm³/mol. The van der Waals surface area contributed by atoms with Crippen LogP contribution in [-0.2, 0) is 9.63 Å². The number of ether oxygens (including phenoxy) is 1. The first-order valence-electron chi connectivity index (χ1n) is 6.36. The Labute approximate surface area is 108 Å². The molecule has 0 aliphatic carbocycles. The molecule has 0 spiro atoms. The molecule has 4 nitrogen and oxygen atoms in total. The Balaban J connectivity index is 2.20. The van der Waals surface area contributed by atoms with Crippen LogP contribution < -0.4 is 10.2 Å². The van der Waals surface area contributed by atoms with Gasteiger partial charge in [0.05, 0.1) is 12.8 Å². The average molecular weight is 251 g/mol. The van der Waals surface area contributed by atoms with Crippen LogP contribution in [0.3, 0.4) is 0 Å². The second-order valence-electron chi connectivity index (χ2n) is 4.12. The van der Waals surface area contributed by atoms with Crippen molar-refractivity contribution >= 4 is 11.7 Å². The lowest BCUT2D eigenvalue weighted by atomic mass is 10.2. The van der Waals surface area contributed by atoms with E-state index in [0.29, 0.717) is 6.42 Å². The van der Waals surface area contributed by atoms with Crippen molar-refractivity contribution in [1.82, 2.24) is 0 Å². The molecule has 0 saturated heterocycles. The van der Waals surface area contributed by atoms with Gasteiger partial charge in [-0.2, -0.15) is 0 Å². The number of hydrogen-bond donors (Lipinski definition) is 1. The molecule has 18 heavy (non-hydrogen) atoms. The predicted octanol–water partition coefficient (Wildman–Crippen LogP) is 3.54. The highest BCUT2D eigenvalue weighted by Crippen LogP contribution is 2.15. The summed E-state index contributed by atoms with van der Waals surface area (Å²) in [6, 6.07) is 7.20. The SMILES string of the molecule is CCCCCCC(=O)ONc1ccc(OC)cc1. The number of anilines is 1. The highest BCUT2D eigenvalue weighted by atomic mass is 16.7. The van der Waals surface area contributed by atoms with E-state index in [-0.39, 0.29) is 5.97 Å². The third kappa shape index (κ3) is 5.57. The first kappa shape index (κ1) is 14.4. The van der Waals surface area contributed by atoms with Crippen LogP contribution in [0.4, 0.5) is 5.69 Å². The molecule has 0 aliphatic rings. The second kappa shape index (κ2) is 8.39. The number of unbranched alkanes of at least 4 members (excludes halogenated alkanes) is 3. The Morgan fingerprint density at radius 3 is 2.50 bits per heavy atom. The molecular weight excluding hydrogens is 230 g/mol. The van der Waals surface area contributed by atoms with Crippen LogP contribution >= 0.6 is 0 Å². The van der Waals surface area contributed by atoms with Crippen molar-refractivity contribution in [3.63, 3.8) is 0 Å². The highest BCUT2D eigenvalue weighted by Gasteiger charge is 2.03. The maximum atomic E-state index is 11.4. The molecule has 1 N–H and O–H groups in total. The summed E-state index contributed by atoms with van der Waals surface area (Å²) >= 11 is 0. The van der Waals surface area contributed by atoms with Crippen LogP contribution in [0.2, 0.25) is 0 Å². The van der Waals surface area contributed by atoms with Gasteiger partial charge >= 0.3 is 5.97 Å². The van der Waals surface area contributed by atoms with Crippen molar-refractivity contribution in [2.24, 2.45) is 0 Å². The molecule has 0 heterocycles. The van der Waals surface area contributed by atoms with Gasteiger partial charge in [0.2, 0.25) is 0 Å². The summed E-state index contributed by atoms with van der Waals surface area (Å²) in [6.45, 7) is 2.14. The van der Waals surface area contributed by atoms with E-state index in [1.54, 1.807) is 31.4 Å². The third-order valence-corrected chi connectivity index (χ3v) is 2.61. The number of benzene rings is 1. The van der Waals surface area contributed by atoms with E-state index in [0.717, 1.165) is 24.3 Å². The summed E-state index contributed by atoms with van der Waals surface area (Å²) in [5.74, 6) is 0.549. The number of carbonyl (C=O) groups is 1. The van der Waals surface area contributed by atoms with Crippen molar-refractivity contribution in [2.45, 2.75) is 39.0 Å². The summed E-state index contributed by atoms with van der Waals surface area (Å²) in [5, 5.41) is 0. The van der Waals surface area contributed by atoms with Crippen molar-refractivity contribution in [1.29, 1.82) is 0 Å². The fraction of sp³-hybridized carbons (Fsp3) is 0.500. The summed E-state index contributed by atoms with van der Waals surface area (Å²) in [5.41, 5.74) is 3.37. The average Bonchev–Trinajstić information content (AvgIpc) is 2.42. The third-order valence-electron chi connectivity index (χ3n) is 2.61. The van der Waals surface area contributed by atoms with Gasteiger partial charge < -0.3 is 9.57 Å². The molecule has 0 aromatic heterocycles. The molecule has 0 aliphatic heterocycles. The Kier molecular flexibility index (Phi) is 6.69. The van der Waals surface area contributed by atoms with E-state index >= 15 is 0 Å². The molecule has 1 aromatic carbocycles. The molecule has 0 unspecified atom stereocenters. The van der Waals surface area contributed by atoms with Gasteiger partial charge in [-0.3, -0.25) is 0 Å². The number of rotatable bonds is 8. The minimum atomic E-state index is -0.220. The monoisotopic (exact) mass is 251 g/mol. The van der Waals surface area contributed by atoms with Gasteiger partial charge in [0, 0.05) is 6.42 Å². The number of nitrogens with one attached hydrogen (secondary N) is 1. The minimum absolute atomic E-state index is 0.220. The molecule has 4 heteroatoms. The van der Waals surface area contributed by atoms with E-state index < -0.39 is 0 Å². The molecule has 100 valence electrons. The maximum Gasteiger partial charge on any atom is 0.332 e. The maximum absolute atomic E-state index is 11.4. The zero-order chi connectivity index (χ0) is 13.2. The Morgan fingerprint density at radius 2 is 1.89 bits per heavy atom. The summed E-state index contributed by atoms with van der Waals surface area (Å²) in [7, 11) is 1.61. The van der Waals surface area contributed by atoms with Crippen molar-refractivity contribution in [2.75, 3.05) is 12.6 Å². The van der Waals surface area contributed by atoms with Crippen LogP contribution in [0.5, 0.6) is 5.75 Å².